The fourth-order valence-corrected chi connectivity index (χ4v) is 1.97. The number of aliphatic hydroxyl groups excluding tert-OH is 1. The number of rotatable bonds is 3. The maximum atomic E-state index is 10.5. The molecule has 1 aromatic carbocycles. The van der Waals surface area contributed by atoms with E-state index in [1.807, 2.05) is 24.3 Å². The van der Waals surface area contributed by atoms with Gasteiger partial charge in [-0.2, -0.15) is 0 Å². The van der Waals surface area contributed by atoms with Crippen LogP contribution in [0, 0.1) is 0 Å². The standard InChI is InChI=1S/C13H18N2O.CH4O/c1-14-6-8-15(9-7-14)10-12-2-4-13(11-16)5-3-12;1-2/h2-5,11H,6-10H2,1H3;2H,1H3. The molecule has 1 fully saturated rings. The minimum absolute atomic E-state index is 0.752. The zero-order chi connectivity index (χ0) is 13.4. The Balaban J connectivity index is 0.000000771. The van der Waals surface area contributed by atoms with E-state index in [9.17, 15) is 4.79 Å². The number of carbonyl (C=O) groups is 1. The van der Waals surface area contributed by atoms with Gasteiger partial charge in [-0.05, 0) is 12.6 Å². The van der Waals surface area contributed by atoms with E-state index in [-0.39, 0.29) is 0 Å². The second-order valence-electron chi connectivity index (χ2n) is 4.44. The molecular formula is C14H22N2O2. The molecule has 1 aliphatic heterocycles. The van der Waals surface area contributed by atoms with E-state index in [1.54, 1.807) is 0 Å². The lowest BCUT2D eigenvalue weighted by Crippen LogP contribution is -2.43. The van der Waals surface area contributed by atoms with Gasteiger partial charge in [0, 0.05) is 45.4 Å². The van der Waals surface area contributed by atoms with Crippen LogP contribution in [0.25, 0.3) is 0 Å². The highest BCUT2D eigenvalue weighted by molar-refractivity contribution is 5.74. The van der Waals surface area contributed by atoms with E-state index in [0.29, 0.717) is 0 Å². The molecule has 0 radical (unpaired) electrons. The Hall–Kier alpha value is -1.23. The molecule has 18 heavy (non-hydrogen) atoms. The van der Waals surface area contributed by atoms with Crippen LogP contribution in [0.5, 0.6) is 0 Å². The number of hydrogen-bond donors (Lipinski definition) is 1. The molecule has 4 nitrogen and oxygen atoms in total. The number of likely N-dealkylation sites (N-methyl/N-ethyl adjacent to an activating group) is 1. The van der Waals surface area contributed by atoms with Crippen LogP contribution < -0.4 is 0 Å². The SMILES string of the molecule is CN1CCN(Cc2ccc(C=O)cc2)CC1.CO. The molecule has 0 saturated carbocycles. The van der Waals surface area contributed by atoms with Gasteiger partial charge in [0.1, 0.15) is 6.29 Å². The van der Waals surface area contributed by atoms with Crippen LogP contribution >= 0.6 is 0 Å². The topological polar surface area (TPSA) is 43.8 Å². The number of piperazine rings is 1. The monoisotopic (exact) mass is 250 g/mol. The number of aliphatic hydroxyl groups is 1. The summed E-state index contributed by atoms with van der Waals surface area (Å²) >= 11 is 0. The third-order valence-corrected chi connectivity index (χ3v) is 3.12. The predicted molar refractivity (Wildman–Crippen MR) is 72.7 cm³/mol. The summed E-state index contributed by atoms with van der Waals surface area (Å²) in [7, 11) is 3.16. The summed E-state index contributed by atoms with van der Waals surface area (Å²) in [6, 6.07) is 7.86. The molecular weight excluding hydrogens is 228 g/mol. The van der Waals surface area contributed by atoms with E-state index in [2.05, 4.69) is 16.8 Å². The molecule has 0 aliphatic carbocycles. The Morgan fingerprint density at radius 3 is 2.17 bits per heavy atom. The van der Waals surface area contributed by atoms with Crippen molar-refractivity contribution >= 4 is 6.29 Å². The van der Waals surface area contributed by atoms with Crippen molar-refractivity contribution in [1.29, 1.82) is 0 Å². The van der Waals surface area contributed by atoms with Crippen molar-refractivity contribution in [3.05, 3.63) is 35.4 Å². The molecule has 1 saturated heterocycles. The summed E-state index contributed by atoms with van der Waals surface area (Å²) in [5, 5.41) is 7.00. The van der Waals surface area contributed by atoms with Crippen LogP contribution in [0.4, 0.5) is 0 Å². The van der Waals surface area contributed by atoms with Crippen molar-refractivity contribution in [1.82, 2.24) is 9.80 Å². The summed E-state index contributed by atoms with van der Waals surface area (Å²) in [6.45, 7) is 5.55. The van der Waals surface area contributed by atoms with Gasteiger partial charge in [0.25, 0.3) is 0 Å². The van der Waals surface area contributed by atoms with Crippen LogP contribution in [0.1, 0.15) is 15.9 Å². The number of hydrogen-bond acceptors (Lipinski definition) is 4. The lowest BCUT2D eigenvalue weighted by Gasteiger charge is -2.32. The first-order chi connectivity index (χ1) is 8.78. The molecule has 4 heteroatoms. The summed E-state index contributed by atoms with van der Waals surface area (Å²) in [5.41, 5.74) is 2.04. The predicted octanol–water partition coefficient (Wildman–Crippen LogP) is 0.855. The Morgan fingerprint density at radius 1 is 1.11 bits per heavy atom. The van der Waals surface area contributed by atoms with Crippen LogP contribution in [-0.4, -0.2) is 61.5 Å². The Labute approximate surface area is 109 Å². The van der Waals surface area contributed by atoms with Gasteiger partial charge in [-0.25, -0.2) is 0 Å². The van der Waals surface area contributed by atoms with Gasteiger partial charge >= 0.3 is 0 Å². The first-order valence-corrected chi connectivity index (χ1v) is 6.17. The van der Waals surface area contributed by atoms with Crippen molar-refractivity contribution in [2.24, 2.45) is 0 Å². The Morgan fingerprint density at radius 2 is 1.67 bits per heavy atom. The average Bonchev–Trinajstić information content (AvgIpc) is 2.44. The van der Waals surface area contributed by atoms with Crippen molar-refractivity contribution in [2.75, 3.05) is 40.3 Å². The highest BCUT2D eigenvalue weighted by Gasteiger charge is 2.13. The smallest absolute Gasteiger partial charge is 0.150 e. The number of carbonyl (C=O) groups excluding carboxylic acids is 1. The largest absolute Gasteiger partial charge is 0.400 e. The molecule has 0 unspecified atom stereocenters. The molecule has 1 aliphatic rings. The van der Waals surface area contributed by atoms with Crippen molar-refractivity contribution in [2.45, 2.75) is 6.54 Å². The van der Waals surface area contributed by atoms with Gasteiger partial charge in [-0.15, -0.1) is 0 Å². The second-order valence-corrected chi connectivity index (χ2v) is 4.44. The zero-order valence-electron chi connectivity index (χ0n) is 11.2. The first-order valence-electron chi connectivity index (χ1n) is 6.17. The fourth-order valence-electron chi connectivity index (χ4n) is 1.97. The van der Waals surface area contributed by atoms with E-state index in [0.717, 1.165) is 51.7 Å². The minimum Gasteiger partial charge on any atom is -0.400 e. The van der Waals surface area contributed by atoms with Crippen molar-refractivity contribution in [3.63, 3.8) is 0 Å². The van der Waals surface area contributed by atoms with Gasteiger partial charge in [-0.1, -0.05) is 24.3 Å². The van der Waals surface area contributed by atoms with Crippen LogP contribution in [0.2, 0.25) is 0 Å². The summed E-state index contributed by atoms with van der Waals surface area (Å²) < 4.78 is 0. The van der Waals surface area contributed by atoms with E-state index in [4.69, 9.17) is 5.11 Å². The van der Waals surface area contributed by atoms with Gasteiger partial charge in [0.2, 0.25) is 0 Å². The third-order valence-electron chi connectivity index (χ3n) is 3.12. The van der Waals surface area contributed by atoms with Crippen LogP contribution in [-0.2, 0) is 6.54 Å². The van der Waals surface area contributed by atoms with Gasteiger partial charge < -0.3 is 10.0 Å². The zero-order valence-corrected chi connectivity index (χ0v) is 11.2. The Bertz CT molecular complexity index is 343. The van der Waals surface area contributed by atoms with Crippen LogP contribution in [0.3, 0.4) is 0 Å². The highest BCUT2D eigenvalue weighted by atomic mass is 16.2. The molecule has 1 heterocycles. The summed E-state index contributed by atoms with van der Waals surface area (Å²) in [4.78, 5) is 15.3. The molecule has 0 atom stereocenters. The maximum Gasteiger partial charge on any atom is 0.150 e. The molecule has 100 valence electrons. The number of nitrogens with zero attached hydrogens (tertiary/aromatic N) is 2. The molecule has 1 aromatic rings. The number of benzene rings is 1. The van der Waals surface area contributed by atoms with Gasteiger partial charge in [0.05, 0.1) is 0 Å². The normalized spacial score (nSPS) is 16.8. The van der Waals surface area contributed by atoms with Crippen molar-refractivity contribution in [3.8, 4) is 0 Å². The minimum atomic E-state index is 0.752. The first kappa shape index (κ1) is 14.8. The molecule has 2 rings (SSSR count). The Kier molecular flexibility index (Phi) is 6.57. The quantitative estimate of drug-likeness (QED) is 0.808. The summed E-state index contributed by atoms with van der Waals surface area (Å²) in [5.74, 6) is 0. The molecule has 0 amide bonds. The van der Waals surface area contributed by atoms with E-state index in [1.165, 1.54) is 5.56 Å². The molecule has 0 bridgehead atoms. The second kappa shape index (κ2) is 7.97. The van der Waals surface area contributed by atoms with Gasteiger partial charge in [0.15, 0.2) is 0 Å². The lowest BCUT2D eigenvalue weighted by molar-refractivity contribution is 0.112. The van der Waals surface area contributed by atoms with E-state index >= 15 is 0 Å². The van der Waals surface area contributed by atoms with Gasteiger partial charge in [-0.3, -0.25) is 9.69 Å². The van der Waals surface area contributed by atoms with Crippen molar-refractivity contribution < 1.29 is 9.90 Å². The third kappa shape index (κ3) is 4.56. The van der Waals surface area contributed by atoms with E-state index < -0.39 is 0 Å². The fraction of sp³-hybridized carbons (Fsp3) is 0.500. The average molecular weight is 250 g/mol. The molecule has 0 spiro atoms. The molecule has 0 aromatic heterocycles. The number of aldehydes is 1. The maximum absolute atomic E-state index is 10.5. The lowest BCUT2D eigenvalue weighted by atomic mass is 10.1. The van der Waals surface area contributed by atoms with Crippen LogP contribution in [0.15, 0.2) is 24.3 Å². The summed E-state index contributed by atoms with van der Waals surface area (Å²) in [6.07, 6.45) is 0.889. The highest BCUT2D eigenvalue weighted by Crippen LogP contribution is 2.08. The molecule has 1 N–H and O–H groups in total.